The lowest BCUT2D eigenvalue weighted by molar-refractivity contribution is 0.887. The molecule has 0 amide bonds. The predicted molar refractivity (Wildman–Crippen MR) is 106 cm³/mol. The first kappa shape index (κ1) is 16.5. The lowest BCUT2D eigenvalue weighted by Gasteiger charge is -2.16. The lowest BCUT2D eigenvalue weighted by atomic mass is 9.99. The summed E-state index contributed by atoms with van der Waals surface area (Å²) in [6.07, 6.45) is 13.9. The van der Waals surface area contributed by atoms with Crippen LogP contribution in [0.25, 0.3) is 23.4 Å². The number of aryl methyl sites for hydroxylation is 1. The van der Waals surface area contributed by atoms with Crippen molar-refractivity contribution < 1.29 is 0 Å². The van der Waals surface area contributed by atoms with Crippen molar-refractivity contribution in [3.63, 3.8) is 0 Å². The average molecular weight is 345 g/mol. The van der Waals surface area contributed by atoms with E-state index in [9.17, 15) is 0 Å². The second-order valence-electron chi connectivity index (χ2n) is 7.01. The van der Waals surface area contributed by atoms with Gasteiger partial charge in [-0.2, -0.15) is 0 Å². The summed E-state index contributed by atoms with van der Waals surface area (Å²) < 4.78 is 0. The molecule has 0 atom stereocenters. The summed E-state index contributed by atoms with van der Waals surface area (Å²) in [4.78, 5) is 8.84. The van der Waals surface area contributed by atoms with E-state index in [1.807, 2.05) is 19.2 Å². The van der Waals surface area contributed by atoms with Gasteiger partial charge in [0, 0.05) is 35.1 Å². The first-order valence-corrected chi connectivity index (χ1v) is 9.06. The van der Waals surface area contributed by atoms with Gasteiger partial charge in [-0.25, -0.2) is 4.98 Å². The largest absolute Gasteiger partial charge is 0.383 e. The number of nitrogen functional groups attached to an aromatic ring is 1. The second kappa shape index (κ2) is 6.75. The fraction of sp³-hybridized carbons (Fsp3) is 0.286. The Kier molecular flexibility index (Phi) is 4.29. The summed E-state index contributed by atoms with van der Waals surface area (Å²) in [5.74, 6) is 1.56. The molecular formula is C21H23N5. The molecule has 0 unspecified atom stereocenters. The van der Waals surface area contributed by atoms with Crippen molar-refractivity contribution in [2.45, 2.75) is 32.6 Å². The van der Waals surface area contributed by atoms with Gasteiger partial charge in [0.05, 0.1) is 5.69 Å². The highest BCUT2D eigenvalue weighted by atomic mass is 15.0. The summed E-state index contributed by atoms with van der Waals surface area (Å²) in [5.41, 5.74) is 12.2. The number of anilines is 1. The average Bonchev–Trinajstić information content (AvgIpc) is 3.43. The number of amidine groups is 1. The summed E-state index contributed by atoms with van der Waals surface area (Å²) in [6.45, 7) is 2.05. The molecule has 2 aromatic heterocycles. The Morgan fingerprint density at radius 3 is 2.96 bits per heavy atom. The maximum absolute atomic E-state index is 8.18. The molecule has 2 aliphatic rings. The first-order chi connectivity index (χ1) is 12.6. The summed E-state index contributed by atoms with van der Waals surface area (Å²) in [5, 5.41) is 11.5. The highest BCUT2D eigenvalue weighted by Gasteiger charge is 2.26. The smallest absolute Gasteiger partial charge is 0.131 e. The maximum atomic E-state index is 8.18. The zero-order valence-electron chi connectivity index (χ0n) is 14.9. The minimum absolute atomic E-state index is 0.410. The SMILES string of the molecule is Cc1ccncc1-c1cc2c(c(N)n1)/C=C\CC/C(NC(=N)C1CC1)=C\2. The van der Waals surface area contributed by atoms with Crippen LogP contribution in [0.1, 0.15) is 42.4 Å². The molecule has 2 aromatic rings. The minimum Gasteiger partial charge on any atom is -0.383 e. The van der Waals surface area contributed by atoms with E-state index in [0.717, 1.165) is 59.3 Å². The summed E-state index contributed by atoms with van der Waals surface area (Å²) in [6, 6.07) is 4.04. The molecule has 2 aliphatic carbocycles. The number of rotatable bonds is 3. The van der Waals surface area contributed by atoms with Crippen molar-refractivity contribution in [1.82, 2.24) is 15.3 Å². The van der Waals surface area contributed by atoms with Gasteiger partial charge < -0.3 is 11.1 Å². The molecule has 132 valence electrons. The molecule has 0 radical (unpaired) electrons. The van der Waals surface area contributed by atoms with Gasteiger partial charge in [-0.3, -0.25) is 10.4 Å². The molecule has 0 aliphatic heterocycles. The van der Waals surface area contributed by atoms with E-state index in [1.165, 1.54) is 0 Å². The molecule has 5 nitrogen and oxygen atoms in total. The molecule has 4 N–H and O–H groups in total. The Labute approximate surface area is 153 Å². The number of hydrogen-bond donors (Lipinski definition) is 3. The van der Waals surface area contributed by atoms with Crippen LogP contribution in [0.2, 0.25) is 0 Å². The third-order valence-corrected chi connectivity index (χ3v) is 4.91. The first-order valence-electron chi connectivity index (χ1n) is 9.06. The Hall–Kier alpha value is -2.95. The Bertz CT molecular complexity index is 922. The van der Waals surface area contributed by atoms with Gasteiger partial charge in [0.25, 0.3) is 0 Å². The Morgan fingerprint density at radius 1 is 1.35 bits per heavy atom. The van der Waals surface area contributed by atoms with E-state index in [0.29, 0.717) is 17.6 Å². The minimum atomic E-state index is 0.410. The molecule has 4 rings (SSSR count). The van der Waals surface area contributed by atoms with E-state index >= 15 is 0 Å². The molecule has 0 bridgehead atoms. The molecule has 1 saturated carbocycles. The normalized spacial score (nSPS) is 19.5. The number of nitrogens with zero attached hydrogens (tertiary/aromatic N) is 2. The summed E-state index contributed by atoms with van der Waals surface area (Å²) in [7, 11) is 0. The zero-order valence-corrected chi connectivity index (χ0v) is 14.9. The molecule has 2 heterocycles. The van der Waals surface area contributed by atoms with Crippen molar-refractivity contribution in [3.8, 4) is 11.3 Å². The van der Waals surface area contributed by atoms with E-state index < -0.39 is 0 Å². The van der Waals surface area contributed by atoms with Crippen LogP contribution in [0, 0.1) is 18.3 Å². The number of allylic oxidation sites excluding steroid dienone is 2. The van der Waals surface area contributed by atoms with Crippen LogP contribution in [-0.2, 0) is 0 Å². The number of pyridine rings is 2. The quantitative estimate of drug-likeness (QED) is 0.576. The molecule has 1 fully saturated rings. The predicted octanol–water partition coefficient (Wildman–Crippen LogP) is 4.16. The molecule has 0 spiro atoms. The maximum Gasteiger partial charge on any atom is 0.131 e. The van der Waals surface area contributed by atoms with Gasteiger partial charge >= 0.3 is 0 Å². The number of nitrogens with two attached hydrogens (primary N) is 1. The third kappa shape index (κ3) is 3.38. The molecular weight excluding hydrogens is 322 g/mol. The molecule has 0 aromatic carbocycles. The topological polar surface area (TPSA) is 87.7 Å². The van der Waals surface area contributed by atoms with Crippen molar-refractivity contribution in [3.05, 3.63) is 53.0 Å². The van der Waals surface area contributed by atoms with Crippen LogP contribution in [0.15, 0.2) is 36.3 Å². The van der Waals surface area contributed by atoms with Crippen LogP contribution < -0.4 is 11.1 Å². The van der Waals surface area contributed by atoms with Crippen molar-refractivity contribution in [1.29, 1.82) is 5.41 Å². The van der Waals surface area contributed by atoms with Crippen LogP contribution >= 0.6 is 0 Å². The van der Waals surface area contributed by atoms with Gasteiger partial charge in [-0.15, -0.1) is 0 Å². The zero-order chi connectivity index (χ0) is 18.1. The molecule has 0 saturated heterocycles. The molecule has 5 heteroatoms. The van der Waals surface area contributed by atoms with Gasteiger partial charge in [0.1, 0.15) is 11.7 Å². The summed E-state index contributed by atoms with van der Waals surface area (Å²) >= 11 is 0. The van der Waals surface area contributed by atoms with Crippen molar-refractivity contribution >= 4 is 23.8 Å². The Balaban J connectivity index is 1.77. The second-order valence-corrected chi connectivity index (χ2v) is 7.01. The highest BCUT2D eigenvalue weighted by Crippen LogP contribution is 2.32. The van der Waals surface area contributed by atoms with Crippen molar-refractivity contribution in [2.75, 3.05) is 5.73 Å². The number of fused-ring (bicyclic) bond motifs is 1. The van der Waals surface area contributed by atoms with Crippen LogP contribution in [0.3, 0.4) is 0 Å². The van der Waals surface area contributed by atoms with E-state index in [4.69, 9.17) is 11.1 Å². The third-order valence-electron chi connectivity index (χ3n) is 4.91. The van der Waals surface area contributed by atoms with E-state index in [-0.39, 0.29) is 0 Å². The monoisotopic (exact) mass is 345 g/mol. The van der Waals surface area contributed by atoms with E-state index in [2.05, 4.69) is 39.6 Å². The number of aromatic nitrogens is 2. The van der Waals surface area contributed by atoms with Crippen LogP contribution in [0.4, 0.5) is 5.82 Å². The fourth-order valence-corrected chi connectivity index (χ4v) is 3.21. The fourth-order valence-electron chi connectivity index (χ4n) is 3.21. The highest BCUT2D eigenvalue weighted by molar-refractivity contribution is 5.87. The van der Waals surface area contributed by atoms with Crippen molar-refractivity contribution in [2.24, 2.45) is 5.92 Å². The van der Waals surface area contributed by atoms with Gasteiger partial charge in [-0.1, -0.05) is 12.2 Å². The van der Waals surface area contributed by atoms with Gasteiger partial charge in [0.2, 0.25) is 0 Å². The van der Waals surface area contributed by atoms with Gasteiger partial charge in [0.15, 0.2) is 0 Å². The number of nitrogens with one attached hydrogen (secondary N) is 2. The van der Waals surface area contributed by atoms with Crippen LogP contribution in [0.5, 0.6) is 0 Å². The van der Waals surface area contributed by atoms with E-state index in [1.54, 1.807) is 6.20 Å². The lowest BCUT2D eigenvalue weighted by Crippen LogP contribution is -2.23. The Morgan fingerprint density at radius 2 is 2.19 bits per heavy atom. The standard InChI is InChI=1S/C21H23N5/c1-13-8-9-24-12-18(13)19-11-15-10-16(25-20(22)14-6-7-14)4-2-3-5-17(15)21(23)26-19/h3,5,8-12,14H,2,4,6-7H2,1H3,(H2,22,25)(H2,23,26)/b5-3-,16-10+. The van der Waals surface area contributed by atoms with Crippen LogP contribution in [-0.4, -0.2) is 15.8 Å². The number of hydrogen-bond acceptors (Lipinski definition) is 4. The van der Waals surface area contributed by atoms with Gasteiger partial charge in [-0.05, 0) is 61.9 Å². The molecule has 26 heavy (non-hydrogen) atoms.